The number of anilines is 1. The Kier molecular flexibility index (Phi) is 3.81. The van der Waals surface area contributed by atoms with Crippen LogP contribution in [0.2, 0.25) is 0 Å². The number of benzene rings is 1. The number of rotatable bonds is 3. The zero-order valence-electron chi connectivity index (χ0n) is 13.1. The number of amides is 1. The Morgan fingerprint density at radius 3 is 2.73 bits per heavy atom. The molecule has 0 saturated heterocycles. The Hall–Kier alpha value is -2.04. The first-order valence-electron chi connectivity index (χ1n) is 7.84. The molecule has 5 heteroatoms. The Labute approximate surface area is 129 Å². The van der Waals surface area contributed by atoms with E-state index in [1.807, 2.05) is 11.8 Å². The Bertz CT molecular complexity index is 651. The summed E-state index contributed by atoms with van der Waals surface area (Å²) >= 11 is 0. The summed E-state index contributed by atoms with van der Waals surface area (Å²) in [4.78, 5) is 25.9. The number of ether oxygens (including phenoxy) is 1. The van der Waals surface area contributed by atoms with Gasteiger partial charge in [0.2, 0.25) is 5.91 Å². The predicted octanol–water partition coefficient (Wildman–Crippen LogP) is 1.90. The van der Waals surface area contributed by atoms with Crippen molar-refractivity contribution in [3.8, 4) is 5.75 Å². The molecule has 2 aliphatic heterocycles. The zero-order chi connectivity index (χ0) is 15.9. The highest BCUT2D eigenvalue weighted by atomic mass is 16.5. The van der Waals surface area contributed by atoms with Crippen LogP contribution in [0.15, 0.2) is 0 Å². The summed E-state index contributed by atoms with van der Waals surface area (Å²) in [5.74, 6) is -0.150. The van der Waals surface area contributed by atoms with Crippen LogP contribution < -0.4 is 4.90 Å². The second-order valence-electron chi connectivity index (χ2n) is 5.90. The number of carbonyl (C=O) groups excluding carboxylic acids is 2. The Balaban J connectivity index is 2.24. The second kappa shape index (κ2) is 5.63. The van der Waals surface area contributed by atoms with Crippen molar-refractivity contribution in [2.75, 3.05) is 18.6 Å². The number of esters is 1. The van der Waals surface area contributed by atoms with Gasteiger partial charge < -0.3 is 14.7 Å². The molecule has 0 atom stereocenters. The fourth-order valence-electron chi connectivity index (χ4n) is 3.69. The number of hydrogen-bond donors (Lipinski definition) is 1. The zero-order valence-corrected chi connectivity index (χ0v) is 13.1. The van der Waals surface area contributed by atoms with Gasteiger partial charge in [0.1, 0.15) is 5.75 Å². The van der Waals surface area contributed by atoms with E-state index in [0.29, 0.717) is 12.0 Å². The smallest absolute Gasteiger partial charge is 0.310 e. The van der Waals surface area contributed by atoms with E-state index in [4.69, 9.17) is 4.74 Å². The minimum atomic E-state index is -0.395. The van der Waals surface area contributed by atoms with E-state index in [2.05, 4.69) is 0 Å². The molecule has 22 heavy (non-hydrogen) atoms. The molecule has 0 aromatic heterocycles. The van der Waals surface area contributed by atoms with Crippen molar-refractivity contribution in [1.82, 2.24) is 0 Å². The van der Waals surface area contributed by atoms with Crippen LogP contribution >= 0.6 is 0 Å². The molecule has 5 nitrogen and oxygen atoms in total. The number of phenolic OH excluding ortho intramolecular Hbond substituents is 1. The lowest BCUT2D eigenvalue weighted by atomic mass is 9.89. The molecular formula is C17H21NO4. The lowest BCUT2D eigenvalue weighted by molar-refractivity contribution is -0.139. The van der Waals surface area contributed by atoms with Crippen molar-refractivity contribution in [2.45, 2.75) is 45.4 Å². The summed E-state index contributed by atoms with van der Waals surface area (Å²) < 4.78 is 4.74. The second-order valence-corrected chi connectivity index (χ2v) is 5.90. The molecule has 0 spiro atoms. The standard InChI is InChI=1S/C17H21NO4/c1-3-10-11-6-4-5-7-18-14(19)8-12(16(11)18)13(17(10)21)9-15(20)22-2/h21H,3-9H2,1-2H3. The fourth-order valence-corrected chi connectivity index (χ4v) is 3.69. The van der Waals surface area contributed by atoms with Crippen LogP contribution in [0.1, 0.15) is 42.0 Å². The van der Waals surface area contributed by atoms with Crippen LogP contribution in [0, 0.1) is 0 Å². The lowest BCUT2D eigenvalue weighted by Crippen LogP contribution is -2.27. The maximum absolute atomic E-state index is 12.3. The maximum atomic E-state index is 12.3. The van der Waals surface area contributed by atoms with Crippen molar-refractivity contribution >= 4 is 17.6 Å². The minimum Gasteiger partial charge on any atom is -0.507 e. The third kappa shape index (κ3) is 2.16. The SMILES string of the molecule is CCc1c(O)c(CC(=O)OC)c2c3c1CCCCN3C(=O)C2. The molecule has 0 fully saturated rings. The normalized spacial score (nSPS) is 16.5. The predicted molar refractivity (Wildman–Crippen MR) is 82.2 cm³/mol. The van der Waals surface area contributed by atoms with Crippen LogP contribution in [0.3, 0.4) is 0 Å². The van der Waals surface area contributed by atoms with Gasteiger partial charge in [0, 0.05) is 12.1 Å². The average molecular weight is 303 g/mol. The third-order valence-corrected chi connectivity index (χ3v) is 4.73. The first-order valence-corrected chi connectivity index (χ1v) is 7.84. The quantitative estimate of drug-likeness (QED) is 0.866. The molecule has 118 valence electrons. The van der Waals surface area contributed by atoms with Crippen molar-refractivity contribution in [2.24, 2.45) is 0 Å². The van der Waals surface area contributed by atoms with Crippen molar-refractivity contribution in [3.63, 3.8) is 0 Å². The Morgan fingerprint density at radius 2 is 2.05 bits per heavy atom. The van der Waals surface area contributed by atoms with Crippen LogP contribution in [0.4, 0.5) is 5.69 Å². The van der Waals surface area contributed by atoms with Gasteiger partial charge in [0.15, 0.2) is 0 Å². The molecule has 1 aromatic carbocycles. The Morgan fingerprint density at radius 1 is 1.27 bits per heavy atom. The molecule has 1 amide bonds. The van der Waals surface area contributed by atoms with E-state index in [-0.39, 0.29) is 24.5 Å². The van der Waals surface area contributed by atoms with Crippen LogP contribution in [0.25, 0.3) is 0 Å². The number of carbonyl (C=O) groups is 2. The third-order valence-electron chi connectivity index (χ3n) is 4.73. The molecule has 1 N–H and O–H groups in total. The molecule has 0 saturated carbocycles. The molecule has 0 aliphatic carbocycles. The van der Waals surface area contributed by atoms with E-state index in [1.54, 1.807) is 0 Å². The fraction of sp³-hybridized carbons (Fsp3) is 0.529. The summed E-state index contributed by atoms with van der Waals surface area (Å²) in [5.41, 5.74) is 4.31. The minimum absolute atomic E-state index is 0.0130. The van der Waals surface area contributed by atoms with E-state index < -0.39 is 5.97 Å². The van der Waals surface area contributed by atoms with Gasteiger partial charge in [0.25, 0.3) is 0 Å². The summed E-state index contributed by atoms with van der Waals surface area (Å²) in [6, 6.07) is 0. The first-order chi connectivity index (χ1) is 10.6. The van der Waals surface area contributed by atoms with Gasteiger partial charge in [-0.15, -0.1) is 0 Å². The largest absolute Gasteiger partial charge is 0.507 e. The summed E-state index contributed by atoms with van der Waals surface area (Å²) in [7, 11) is 1.33. The molecule has 3 rings (SSSR count). The number of nitrogens with zero attached hydrogens (tertiary/aromatic N) is 1. The van der Waals surface area contributed by atoms with Gasteiger partial charge in [-0.25, -0.2) is 0 Å². The van der Waals surface area contributed by atoms with E-state index in [9.17, 15) is 14.7 Å². The number of hydrogen-bond acceptors (Lipinski definition) is 4. The molecule has 0 radical (unpaired) electrons. The number of phenols is 1. The van der Waals surface area contributed by atoms with Crippen LogP contribution in [-0.2, 0) is 40.0 Å². The highest BCUT2D eigenvalue weighted by Gasteiger charge is 2.36. The van der Waals surface area contributed by atoms with Crippen molar-refractivity contribution in [3.05, 3.63) is 22.3 Å². The van der Waals surface area contributed by atoms with Gasteiger partial charge in [0.05, 0.1) is 25.6 Å². The molecule has 2 aliphatic rings. The van der Waals surface area contributed by atoms with Gasteiger partial charge >= 0.3 is 5.97 Å². The number of aromatic hydroxyl groups is 1. The summed E-state index contributed by atoms with van der Waals surface area (Å²) in [6.07, 6.45) is 3.83. The maximum Gasteiger partial charge on any atom is 0.310 e. The number of methoxy groups -OCH3 is 1. The molecule has 0 bridgehead atoms. The van der Waals surface area contributed by atoms with Gasteiger partial charge in [-0.2, -0.15) is 0 Å². The molecular weight excluding hydrogens is 282 g/mol. The lowest BCUT2D eigenvalue weighted by Gasteiger charge is -2.22. The molecule has 2 heterocycles. The monoisotopic (exact) mass is 303 g/mol. The van der Waals surface area contributed by atoms with E-state index >= 15 is 0 Å². The summed E-state index contributed by atoms with van der Waals surface area (Å²) in [5, 5.41) is 10.7. The molecule has 1 aromatic rings. The topological polar surface area (TPSA) is 66.8 Å². The van der Waals surface area contributed by atoms with Gasteiger partial charge in [-0.3, -0.25) is 9.59 Å². The van der Waals surface area contributed by atoms with Gasteiger partial charge in [-0.1, -0.05) is 6.92 Å². The highest BCUT2D eigenvalue weighted by molar-refractivity contribution is 6.04. The van der Waals surface area contributed by atoms with Crippen molar-refractivity contribution < 1.29 is 19.4 Å². The van der Waals surface area contributed by atoms with Crippen LogP contribution in [0.5, 0.6) is 5.75 Å². The molecule has 0 unspecified atom stereocenters. The van der Waals surface area contributed by atoms with E-state index in [1.165, 1.54) is 7.11 Å². The first kappa shape index (κ1) is 14.9. The van der Waals surface area contributed by atoms with Crippen LogP contribution in [-0.4, -0.2) is 30.6 Å². The van der Waals surface area contributed by atoms with Gasteiger partial charge in [-0.05, 0) is 42.4 Å². The average Bonchev–Trinajstić information content (AvgIpc) is 2.70. The van der Waals surface area contributed by atoms with Crippen molar-refractivity contribution in [1.29, 1.82) is 0 Å². The van der Waals surface area contributed by atoms with E-state index in [0.717, 1.165) is 48.2 Å². The highest BCUT2D eigenvalue weighted by Crippen LogP contribution is 2.45. The summed E-state index contributed by atoms with van der Waals surface area (Å²) in [6.45, 7) is 2.72.